The Morgan fingerprint density at radius 1 is 1.14 bits per heavy atom. The first-order valence-electron chi connectivity index (χ1n) is 6.98. The molecule has 0 aliphatic heterocycles. The fraction of sp³-hybridized carbons (Fsp3) is 0.176. The summed E-state index contributed by atoms with van der Waals surface area (Å²) in [6.07, 6.45) is 0. The van der Waals surface area contributed by atoms with Crippen molar-refractivity contribution in [1.29, 1.82) is 0 Å². The zero-order chi connectivity index (χ0) is 15.5. The lowest BCUT2D eigenvalue weighted by atomic mass is 10.2. The smallest absolute Gasteiger partial charge is 0.273 e. The summed E-state index contributed by atoms with van der Waals surface area (Å²) in [6.45, 7) is 2.04. The van der Waals surface area contributed by atoms with Crippen LogP contribution >= 0.6 is 22.7 Å². The van der Waals surface area contributed by atoms with Gasteiger partial charge in [-0.3, -0.25) is 4.79 Å². The van der Waals surface area contributed by atoms with Crippen molar-refractivity contribution in [2.24, 2.45) is 0 Å². The van der Waals surface area contributed by atoms with Crippen LogP contribution in [0.4, 0.5) is 0 Å². The molecule has 0 aliphatic rings. The number of nitrogens with zero attached hydrogens (tertiary/aromatic N) is 2. The van der Waals surface area contributed by atoms with Crippen molar-refractivity contribution in [2.75, 3.05) is 7.05 Å². The number of thiazole rings is 1. The minimum absolute atomic E-state index is 0.0423. The van der Waals surface area contributed by atoms with E-state index in [1.807, 2.05) is 61.1 Å². The first-order valence-corrected chi connectivity index (χ1v) is 8.74. The van der Waals surface area contributed by atoms with Crippen molar-refractivity contribution < 1.29 is 4.79 Å². The maximum Gasteiger partial charge on any atom is 0.273 e. The molecule has 3 rings (SSSR count). The zero-order valence-electron chi connectivity index (χ0n) is 12.4. The van der Waals surface area contributed by atoms with Gasteiger partial charge in [-0.1, -0.05) is 36.4 Å². The molecular weight excluding hydrogens is 312 g/mol. The Kier molecular flexibility index (Phi) is 4.36. The van der Waals surface area contributed by atoms with Crippen LogP contribution in [0.15, 0.2) is 53.2 Å². The number of thiophene rings is 1. The lowest BCUT2D eigenvalue weighted by Gasteiger charge is -2.23. The van der Waals surface area contributed by atoms with Crippen LogP contribution in [-0.2, 0) is 0 Å². The highest BCUT2D eigenvalue weighted by molar-refractivity contribution is 7.13. The average Bonchev–Trinajstić information content (AvgIpc) is 3.25. The molecule has 0 N–H and O–H groups in total. The molecule has 0 fully saturated rings. The highest BCUT2D eigenvalue weighted by Crippen LogP contribution is 2.27. The van der Waals surface area contributed by atoms with Gasteiger partial charge in [0, 0.05) is 22.9 Å². The Morgan fingerprint density at radius 3 is 2.59 bits per heavy atom. The van der Waals surface area contributed by atoms with Gasteiger partial charge in [0.15, 0.2) is 0 Å². The molecular formula is C17H16N2OS2. The van der Waals surface area contributed by atoms with Gasteiger partial charge in [-0.05, 0) is 18.4 Å². The molecule has 0 aliphatic carbocycles. The van der Waals surface area contributed by atoms with Crippen molar-refractivity contribution in [3.63, 3.8) is 0 Å². The maximum absolute atomic E-state index is 12.6. The summed E-state index contributed by atoms with van der Waals surface area (Å²) in [5.41, 5.74) is 1.55. The second-order valence-corrected chi connectivity index (χ2v) is 6.85. The molecule has 3 nitrogen and oxygen atoms in total. The molecule has 0 radical (unpaired) electrons. The molecule has 0 spiro atoms. The third kappa shape index (κ3) is 2.96. The summed E-state index contributed by atoms with van der Waals surface area (Å²) >= 11 is 3.16. The van der Waals surface area contributed by atoms with Gasteiger partial charge in [-0.25, -0.2) is 4.98 Å². The monoisotopic (exact) mass is 328 g/mol. The van der Waals surface area contributed by atoms with E-state index < -0.39 is 0 Å². The number of aromatic nitrogens is 1. The maximum atomic E-state index is 12.6. The van der Waals surface area contributed by atoms with Crippen LogP contribution in [0.25, 0.3) is 10.6 Å². The predicted molar refractivity (Wildman–Crippen MR) is 92.4 cm³/mol. The normalized spacial score (nSPS) is 12.1. The number of amides is 1. The van der Waals surface area contributed by atoms with Crippen LogP contribution in [0.5, 0.6) is 0 Å². The summed E-state index contributed by atoms with van der Waals surface area (Å²) in [7, 11) is 1.83. The lowest BCUT2D eigenvalue weighted by Crippen LogP contribution is -2.29. The Bertz CT molecular complexity index is 750. The molecule has 0 saturated heterocycles. The van der Waals surface area contributed by atoms with Crippen molar-refractivity contribution in [3.05, 3.63) is 63.8 Å². The lowest BCUT2D eigenvalue weighted by molar-refractivity contribution is 0.0740. The van der Waals surface area contributed by atoms with Crippen molar-refractivity contribution in [3.8, 4) is 10.6 Å². The Hall–Kier alpha value is -1.98. The van der Waals surface area contributed by atoms with E-state index in [0.717, 1.165) is 10.6 Å². The van der Waals surface area contributed by atoms with Gasteiger partial charge in [-0.2, -0.15) is 0 Å². The van der Waals surface area contributed by atoms with E-state index in [4.69, 9.17) is 0 Å². The van der Waals surface area contributed by atoms with E-state index in [2.05, 4.69) is 11.1 Å². The summed E-state index contributed by atoms with van der Waals surface area (Å²) in [5.74, 6) is -0.0423. The summed E-state index contributed by atoms with van der Waals surface area (Å²) in [6, 6.07) is 14.0. The minimum Gasteiger partial charge on any atom is -0.333 e. The number of benzene rings is 1. The Morgan fingerprint density at radius 2 is 1.91 bits per heavy atom. The van der Waals surface area contributed by atoms with Crippen molar-refractivity contribution >= 4 is 28.6 Å². The third-order valence-electron chi connectivity index (χ3n) is 3.60. The van der Waals surface area contributed by atoms with Gasteiger partial charge in [0.1, 0.15) is 10.7 Å². The number of carbonyl (C=O) groups is 1. The number of carbonyl (C=O) groups excluding carboxylic acids is 1. The molecule has 5 heteroatoms. The fourth-order valence-corrected chi connectivity index (χ4v) is 3.79. The van der Waals surface area contributed by atoms with Gasteiger partial charge in [0.2, 0.25) is 0 Å². The van der Waals surface area contributed by atoms with Crippen LogP contribution in [0.3, 0.4) is 0 Å². The van der Waals surface area contributed by atoms with Crippen LogP contribution in [-0.4, -0.2) is 22.8 Å². The van der Waals surface area contributed by atoms with E-state index in [9.17, 15) is 4.79 Å². The molecule has 3 aromatic rings. The number of hydrogen-bond donors (Lipinski definition) is 0. The molecule has 0 saturated carbocycles. The van der Waals surface area contributed by atoms with Crippen molar-refractivity contribution in [1.82, 2.24) is 9.88 Å². The number of hydrogen-bond acceptors (Lipinski definition) is 4. The second kappa shape index (κ2) is 6.42. The number of rotatable bonds is 4. The topological polar surface area (TPSA) is 33.2 Å². The summed E-state index contributed by atoms with van der Waals surface area (Å²) < 4.78 is 0. The molecule has 1 atom stereocenters. The van der Waals surface area contributed by atoms with Gasteiger partial charge in [0.25, 0.3) is 5.91 Å². The standard InChI is InChI=1S/C17H16N2OS2/c1-12(15-9-6-10-21-15)19(2)17(20)14-11-22-16(18-14)13-7-4-3-5-8-13/h3-12H,1-2H3. The minimum atomic E-state index is -0.0423. The van der Waals surface area contributed by atoms with Gasteiger partial charge in [-0.15, -0.1) is 22.7 Å². The molecule has 1 aromatic carbocycles. The highest BCUT2D eigenvalue weighted by Gasteiger charge is 2.21. The molecule has 0 bridgehead atoms. The van der Waals surface area contributed by atoms with Gasteiger partial charge < -0.3 is 4.90 Å². The molecule has 22 heavy (non-hydrogen) atoms. The molecule has 2 heterocycles. The first-order chi connectivity index (χ1) is 10.7. The van der Waals surface area contributed by atoms with E-state index in [-0.39, 0.29) is 11.9 Å². The zero-order valence-corrected chi connectivity index (χ0v) is 14.0. The molecule has 2 aromatic heterocycles. The average molecular weight is 328 g/mol. The van der Waals surface area contributed by atoms with E-state index in [0.29, 0.717) is 5.69 Å². The Labute approximate surface area is 137 Å². The van der Waals surface area contributed by atoms with E-state index >= 15 is 0 Å². The van der Waals surface area contributed by atoms with Crippen LogP contribution in [0, 0.1) is 0 Å². The molecule has 112 valence electrons. The van der Waals surface area contributed by atoms with Gasteiger partial charge in [0.05, 0.1) is 6.04 Å². The quantitative estimate of drug-likeness (QED) is 0.695. The van der Waals surface area contributed by atoms with Crippen LogP contribution in [0.1, 0.15) is 28.3 Å². The third-order valence-corrected chi connectivity index (χ3v) is 5.53. The summed E-state index contributed by atoms with van der Waals surface area (Å²) in [4.78, 5) is 20.0. The van der Waals surface area contributed by atoms with E-state index in [1.165, 1.54) is 16.2 Å². The van der Waals surface area contributed by atoms with E-state index in [1.54, 1.807) is 16.2 Å². The predicted octanol–water partition coefficient (Wildman–Crippen LogP) is 4.70. The van der Waals surface area contributed by atoms with Crippen LogP contribution < -0.4 is 0 Å². The van der Waals surface area contributed by atoms with Gasteiger partial charge >= 0.3 is 0 Å². The SMILES string of the molecule is CC(c1cccs1)N(C)C(=O)c1csc(-c2ccccc2)n1. The molecule has 1 unspecified atom stereocenters. The summed E-state index contributed by atoms with van der Waals surface area (Å²) in [5, 5.41) is 4.74. The second-order valence-electron chi connectivity index (χ2n) is 5.01. The van der Waals surface area contributed by atoms with Crippen LogP contribution in [0.2, 0.25) is 0 Å². The van der Waals surface area contributed by atoms with Crippen molar-refractivity contribution in [2.45, 2.75) is 13.0 Å². The largest absolute Gasteiger partial charge is 0.333 e. The highest BCUT2D eigenvalue weighted by atomic mass is 32.1. The molecule has 1 amide bonds. The Balaban J connectivity index is 1.80. The fourth-order valence-electron chi connectivity index (χ4n) is 2.16. The first kappa shape index (κ1) is 14.9.